The zero-order valence-electron chi connectivity index (χ0n) is 11.1. The highest BCUT2D eigenvalue weighted by molar-refractivity contribution is 5.12. The summed E-state index contributed by atoms with van der Waals surface area (Å²) in [6, 6.07) is 4.08. The fraction of sp³-hybridized carbons (Fsp3) is 0.615. The molecule has 0 aliphatic carbocycles. The van der Waals surface area contributed by atoms with Crippen molar-refractivity contribution in [2.45, 2.75) is 39.3 Å². The van der Waals surface area contributed by atoms with E-state index in [0.717, 1.165) is 6.42 Å². The van der Waals surface area contributed by atoms with Gasteiger partial charge in [0.05, 0.1) is 12.1 Å². The Morgan fingerprint density at radius 2 is 1.94 bits per heavy atom. The lowest BCUT2D eigenvalue weighted by Gasteiger charge is -2.35. The van der Waals surface area contributed by atoms with Gasteiger partial charge >= 0.3 is 0 Å². The van der Waals surface area contributed by atoms with Gasteiger partial charge < -0.3 is 4.74 Å². The lowest BCUT2D eigenvalue weighted by Crippen LogP contribution is -2.51. The molecule has 0 spiro atoms. The Kier molecular flexibility index (Phi) is 5.05. The number of rotatable bonds is 5. The van der Waals surface area contributed by atoms with E-state index in [1.807, 2.05) is 12.1 Å². The molecule has 2 unspecified atom stereocenters. The van der Waals surface area contributed by atoms with E-state index in [4.69, 9.17) is 10.6 Å². The van der Waals surface area contributed by atoms with Gasteiger partial charge in [0.15, 0.2) is 0 Å². The molecule has 1 aromatic heterocycles. The first-order chi connectivity index (χ1) is 7.99. The maximum Gasteiger partial charge on any atom is 0.0789 e. The number of methoxy groups -OCH3 is 1. The van der Waals surface area contributed by atoms with E-state index in [1.165, 1.54) is 5.56 Å². The van der Waals surface area contributed by atoms with Gasteiger partial charge in [0, 0.05) is 19.5 Å². The van der Waals surface area contributed by atoms with Gasteiger partial charge in [-0.05, 0) is 29.5 Å². The third-order valence-corrected chi connectivity index (χ3v) is 2.89. The third-order valence-electron chi connectivity index (χ3n) is 2.89. The second-order valence-corrected chi connectivity index (χ2v) is 5.36. The number of hydrogen-bond donors (Lipinski definition) is 2. The molecular formula is C13H23N3O. The fourth-order valence-corrected chi connectivity index (χ4v) is 2.15. The molecule has 3 N–H and O–H groups in total. The normalized spacial score (nSPS) is 15.6. The van der Waals surface area contributed by atoms with Gasteiger partial charge in [-0.25, -0.2) is 0 Å². The van der Waals surface area contributed by atoms with Crippen LogP contribution in [0.3, 0.4) is 0 Å². The molecule has 0 aliphatic rings. The van der Waals surface area contributed by atoms with E-state index in [1.54, 1.807) is 19.5 Å². The lowest BCUT2D eigenvalue weighted by molar-refractivity contribution is -0.0110. The second-order valence-electron chi connectivity index (χ2n) is 5.36. The van der Waals surface area contributed by atoms with E-state index in [2.05, 4.69) is 31.2 Å². The van der Waals surface area contributed by atoms with Crippen LogP contribution >= 0.6 is 0 Å². The zero-order chi connectivity index (χ0) is 12.9. The van der Waals surface area contributed by atoms with Crippen LogP contribution in [0.5, 0.6) is 0 Å². The number of hydrazine groups is 1. The molecule has 4 nitrogen and oxygen atoms in total. The summed E-state index contributed by atoms with van der Waals surface area (Å²) in [5.41, 5.74) is 4.11. The molecule has 0 aliphatic heterocycles. The molecule has 0 saturated heterocycles. The van der Waals surface area contributed by atoms with Crippen molar-refractivity contribution in [1.82, 2.24) is 10.4 Å². The first-order valence-electron chi connectivity index (χ1n) is 5.87. The molecule has 1 heterocycles. The smallest absolute Gasteiger partial charge is 0.0789 e. The minimum Gasteiger partial charge on any atom is -0.379 e. The summed E-state index contributed by atoms with van der Waals surface area (Å²) in [7, 11) is 1.73. The number of nitrogens with two attached hydrogens (primary N) is 1. The molecule has 0 radical (unpaired) electrons. The van der Waals surface area contributed by atoms with Gasteiger partial charge in [-0.2, -0.15) is 0 Å². The van der Waals surface area contributed by atoms with Gasteiger partial charge in [0.25, 0.3) is 0 Å². The maximum absolute atomic E-state index is 5.65. The van der Waals surface area contributed by atoms with Crippen LogP contribution in [0.2, 0.25) is 0 Å². The molecule has 0 aromatic carbocycles. The van der Waals surface area contributed by atoms with Crippen LogP contribution in [-0.2, 0) is 11.2 Å². The highest BCUT2D eigenvalue weighted by Gasteiger charge is 2.31. The molecule has 0 amide bonds. The molecule has 96 valence electrons. The molecule has 4 heteroatoms. The van der Waals surface area contributed by atoms with Gasteiger partial charge in [-0.15, -0.1) is 0 Å². The van der Waals surface area contributed by atoms with Crippen LogP contribution in [0.15, 0.2) is 24.5 Å². The molecular weight excluding hydrogens is 214 g/mol. The Balaban J connectivity index is 2.77. The minimum atomic E-state index is 0.0405. The summed E-state index contributed by atoms with van der Waals surface area (Å²) in [5, 5.41) is 0. The number of hydrogen-bond acceptors (Lipinski definition) is 4. The summed E-state index contributed by atoms with van der Waals surface area (Å²) in [6.07, 6.45) is 4.47. The van der Waals surface area contributed by atoms with Crippen LogP contribution in [0.1, 0.15) is 26.3 Å². The summed E-state index contributed by atoms with van der Waals surface area (Å²) in [6.45, 7) is 6.45. The van der Waals surface area contributed by atoms with Gasteiger partial charge in [-0.3, -0.25) is 16.3 Å². The molecule has 0 bridgehead atoms. The number of nitrogens with one attached hydrogen (secondary N) is 1. The summed E-state index contributed by atoms with van der Waals surface area (Å²) in [4.78, 5) is 4.01. The van der Waals surface area contributed by atoms with E-state index in [-0.39, 0.29) is 17.6 Å². The SMILES string of the molecule is COC(C(Cc1ccncc1)NN)C(C)(C)C. The van der Waals surface area contributed by atoms with Crippen molar-refractivity contribution in [3.8, 4) is 0 Å². The Hall–Kier alpha value is -0.970. The van der Waals surface area contributed by atoms with E-state index in [0.29, 0.717) is 0 Å². The highest BCUT2D eigenvalue weighted by Crippen LogP contribution is 2.25. The monoisotopic (exact) mass is 237 g/mol. The molecule has 0 saturated carbocycles. The summed E-state index contributed by atoms with van der Waals surface area (Å²) < 4.78 is 5.58. The van der Waals surface area contributed by atoms with Crippen LogP contribution in [0.4, 0.5) is 0 Å². The van der Waals surface area contributed by atoms with Crippen molar-refractivity contribution in [3.63, 3.8) is 0 Å². The average molecular weight is 237 g/mol. The molecule has 2 atom stereocenters. The topological polar surface area (TPSA) is 60.2 Å². The van der Waals surface area contributed by atoms with E-state index < -0.39 is 0 Å². The van der Waals surface area contributed by atoms with Crippen LogP contribution in [0.25, 0.3) is 0 Å². The first kappa shape index (κ1) is 14.1. The van der Waals surface area contributed by atoms with Gasteiger partial charge in [-0.1, -0.05) is 20.8 Å². The predicted molar refractivity (Wildman–Crippen MR) is 69.3 cm³/mol. The lowest BCUT2D eigenvalue weighted by atomic mass is 9.82. The van der Waals surface area contributed by atoms with E-state index in [9.17, 15) is 0 Å². The molecule has 1 rings (SSSR count). The fourth-order valence-electron chi connectivity index (χ4n) is 2.15. The van der Waals surface area contributed by atoms with Gasteiger partial charge in [0.1, 0.15) is 0 Å². The second kappa shape index (κ2) is 6.10. The maximum atomic E-state index is 5.65. The quantitative estimate of drug-likeness (QED) is 0.602. The predicted octanol–water partition coefficient (Wildman–Crippen LogP) is 1.52. The number of pyridine rings is 1. The summed E-state index contributed by atoms with van der Waals surface area (Å²) in [5.74, 6) is 5.65. The number of aromatic nitrogens is 1. The van der Waals surface area contributed by atoms with Crippen LogP contribution < -0.4 is 11.3 Å². The zero-order valence-corrected chi connectivity index (χ0v) is 11.1. The van der Waals surface area contributed by atoms with Crippen molar-refractivity contribution >= 4 is 0 Å². The molecule has 0 fully saturated rings. The number of nitrogens with zero attached hydrogens (tertiary/aromatic N) is 1. The van der Waals surface area contributed by atoms with Crippen molar-refractivity contribution in [2.24, 2.45) is 11.3 Å². The Morgan fingerprint density at radius 3 is 2.35 bits per heavy atom. The largest absolute Gasteiger partial charge is 0.379 e. The minimum absolute atomic E-state index is 0.0405. The van der Waals surface area contributed by atoms with Crippen molar-refractivity contribution in [2.75, 3.05) is 7.11 Å². The van der Waals surface area contributed by atoms with E-state index >= 15 is 0 Å². The van der Waals surface area contributed by atoms with Crippen molar-refractivity contribution in [1.29, 1.82) is 0 Å². The first-order valence-corrected chi connectivity index (χ1v) is 5.87. The van der Waals surface area contributed by atoms with Gasteiger partial charge in [0.2, 0.25) is 0 Å². The Morgan fingerprint density at radius 1 is 1.35 bits per heavy atom. The van der Waals surface area contributed by atoms with Crippen LogP contribution in [-0.4, -0.2) is 24.2 Å². The standard InChI is InChI=1S/C13H23N3O/c1-13(2,3)12(17-4)11(16-14)9-10-5-7-15-8-6-10/h5-8,11-12,16H,9,14H2,1-4H3. The van der Waals surface area contributed by atoms with Crippen LogP contribution in [0, 0.1) is 5.41 Å². The Labute approximate surface area is 104 Å². The third kappa shape index (κ3) is 4.07. The summed E-state index contributed by atoms with van der Waals surface area (Å²) >= 11 is 0. The Bertz CT molecular complexity index is 321. The molecule has 17 heavy (non-hydrogen) atoms. The van der Waals surface area contributed by atoms with Crippen molar-refractivity contribution < 1.29 is 4.74 Å². The number of ether oxygens (including phenoxy) is 1. The highest BCUT2D eigenvalue weighted by atomic mass is 16.5. The van der Waals surface area contributed by atoms with Crippen molar-refractivity contribution in [3.05, 3.63) is 30.1 Å². The molecule has 1 aromatic rings. The average Bonchev–Trinajstić information content (AvgIpc) is 2.28.